The highest BCUT2D eigenvalue weighted by Crippen LogP contribution is 2.29. The van der Waals surface area contributed by atoms with Gasteiger partial charge in [-0.05, 0) is 25.1 Å². The number of hydrogen-bond donors (Lipinski definition) is 1. The highest BCUT2D eigenvalue weighted by Gasteiger charge is 2.18. The van der Waals surface area contributed by atoms with Gasteiger partial charge in [-0.15, -0.1) is 0 Å². The molecular formula is C18H15N3O6S. The lowest BCUT2D eigenvalue weighted by Gasteiger charge is -2.13. The SMILES string of the molecule is CC(Oc1ccccc1)C(=O)OCC(=O)Nc1nc2ccc([N+](=O)[O-])cc2s1. The minimum absolute atomic E-state index is 0.0599. The van der Waals surface area contributed by atoms with Crippen molar-refractivity contribution in [3.8, 4) is 5.75 Å². The fourth-order valence-electron chi connectivity index (χ4n) is 2.24. The first-order valence-electron chi connectivity index (χ1n) is 8.15. The minimum atomic E-state index is -0.877. The molecule has 10 heteroatoms. The maximum absolute atomic E-state index is 12.0. The molecule has 1 N–H and O–H groups in total. The average molecular weight is 401 g/mol. The van der Waals surface area contributed by atoms with Crippen LogP contribution in [-0.2, 0) is 14.3 Å². The second-order valence-corrected chi connectivity index (χ2v) is 6.69. The number of anilines is 1. The molecule has 0 bridgehead atoms. The predicted octanol–water partition coefficient (Wildman–Crippen LogP) is 3.15. The summed E-state index contributed by atoms with van der Waals surface area (Å²) >= 11 is 1.09. The van der Waals surface area contributed by atoms with Crippen LogP contribution in [0.2, 0.25) is 0 Å². The van der Waals surface area contributed by atoms with E-state index >= 15 is 0 Å². The number of hydrogen-bond acceptors (Lipinski definition) is 8. The second kappa shape index (κ2) is 8.44. The van der Waals surface area contributed by atoms with E-state index in [9.17, 15) is 19.7 Å². The number of rotatable bonds is 7. The molecule has 2 aromatic carbocycles. The molecule has 0 aliphatic heterocycles. The summed E-state index contributed by atoms with van der Waals surface area (Å²) in [5.41, 5.74) is 0.461. The summed E-state index contributed by atoms with van der Waals surface area (Å²) in [6, 6.07) is 13.0. The number of aromatic nitrogens is 1. The molecule has 28 heavy (non-hydrogen) atoms. The summed E-state index contributed by atoms with van der Waals surface area (Å²) in [6.45, 7) is 1.02. The Morgan fingerprint density at radius 2 is 2.00 bits per heavy atom. The fourth-order valence-corrected chi connectivity index (χ4v) is 3.16. The fraction of sp³-hybridized carbons (Fsp3) is 0.167. The Balaban J connectivity index is 1.53. The molecule has 1 atom stereocenters. The number of nitrogens with zero attached hydrogens (tertiary/aromatic N) is 2. The van der Waals surface area contributed by atoms with Crippen molar-refractivity contribution >= 4 is 44.2 Å². The van der Waals surface area contributed by atoms with Gasteiger partial charge in [-0.2, -0.15) is 0 Å². The summed E-state index contributed by atoms with van der Waals surface area (Å²) in [5.74, 6) is -0.743. The first-order valence-corrected chi connectivity index (χ1v) is 8.97. The molecule has 0 saturated carbocycles. The number of nitrogens with one attached hydrogen (secondary N) is 1. The average Bonchev–Trinajstić information content (AvgIpc) is 3.08. The van der Waals surface area contributed by atoms with Crippen molar-refractivity contribution in [1.29, 1.82) is 0 Å². The molecule has 3 aromatic rings. The molecule has 0 fully saturated rings. The van der Waals surface area contributed by atoms with Crippen LogP contribution in [0.25, 0.3) is 10.2 Å². The highest BCUT2D eigenvalue weighted by molar-refractivity contribution is 7.22. The largest absolute Gasteiger partial charge is 0.479 e. The molecular weight excluding hydrogens is 386 g/mol. The van der Waals surface area contributed by atoms with E-state index in [1.165, 1.54) is 25.1 Å². The van der Waals surface area contributed by atoms with E-state index in [-0.39, 0.29) is 10.8 Å². The molecule has 1 unspecified atom stereocenters. The van der Waals surface area contributed by atoms with Gasteiger partial charge in [0.2, 0.25) is 0 Å². The minimum Gasteiger partial charge on any atom is -0.479 e. The smallest absolute Gasteiger partial charge is 0.347 e. The van der Waals surface area contributed by atoms with Crippen molar-refractivity contribution in [2.45, 2.75) is 13.0 Å². The van der Waals surface area contributed by atoms with Crippen molar-refractivity contribution in [3.63, 3.8) is 0 Å². The van der Waals surface area contributed by atoms with Gasteiger partial charge in [-0.1, -0.05) is 29.5 Å². The number of fused-ring (bicyclic) bond motifs is 1. The Bertz CT molecular complexity index is 1020. The first-order chi connectivity index (χ1) is 13.4. The Morgan fingerprint density at radius 1 is 1.25 bits per heavy atom. The quantitative estimate of drug-likeness (QED) is 0.367. The number of para-hydroxylation sites is 1. The van der Waals surface area contributed by atoms with Crippen molar-refractivity contribution in [2.75, 3.05) is 11.9 Å². The number of nitro groups is 1. The van der Waals surface area contributed by atoms with Crippen LogP contribution in [0.4, 0.5) is 10.8 Å². The normalized spacial score (nSPS) is 11.6. The summed E-state index contributed by atoms with van der Waals surface area (Å²) in [5, 5.41) is 13.6. The van der Waals surface area contributed by atoms with Crippen LogP contribution in [0.3, 0.4) is 0 Å². The van der Waals surface area contributed by atoms with Crippen LogP contribution in [0, 0.1) is 10.1 Å². The Kier molecular flexibility index (Phi) is 5.80. The number of thiazole rings is 1. The zero-order valence-electron chi connectivity index (χ0n) is 14.7. The van der Waals surface area contributed by atoms with Gasteiger partial charge in [0.1, 0.15) is 5.75 Å². The molecule has 9 nitrogen and oxygen atoms in total. The molecule has 0 saturated heterocycles. The molecule has 0 aliphatic carbocycles. The molecule has 1 aromatic heterocycles. The van der Waals surface area contributed by atoms with Crippen LogP contribution in [0.1, 0.15) is 6.92 Å². The van der Waals surface area contributed by atoms with E-state index in [0.29, 0.717) is 16.0 Å². The Hall–Kier alpha value is -3.53. The third-order valence-corrected chi connectivity index (χ3v) is 4.50. The molecule has 0 spiro atoms. The van der Waals surface area contributed by atoms with Crippen LogP contribution in [0.15, 0.2) is 48.5 Å². The van der Waals surface area contributed by atoms with E-state index in [0.717, 1.165) is 11.3 Å². The monoisotopic (exact) mass is 401 g/mol. The van der Waals surface area contributed by atoms with E-state index in [4.69, 9.17) is 9.47 Å². The van der Waals surface area contributed by atoms with Crippen molar-refractivity contribution < 1.29 is 24.0 Å². The predicted molar refractivity (Wildman–Crippen MR) is 102 cm³/mol. The van der Waals surface area contributed by atoms with Gasteiger partial charge in [0.15, 0.2) is 17.8 Å². The number of non-ortho nitro benzene ring substituents is 1. The van der Waals surface area contributed by atoms with Crippen LogP contribution < -0.4 is 10.1 Å². The summed E-state index contributed by atoms with van der Waals surface area (Å²) < 4.78 is 10.9. The van der Waals surface area contributed by atoms with Gasteiger partial charge < -0.3 is 9.47 Å². The zero-order chi connectivity index (χ0) is 20.1. The van der Waals surface area contributed by atoms with E-state index < -0.39 is 29.5 Å². The second-order valence-electron chi connectivity index (χ2n) is 5.66. The number of esters is 1. The summed E-state index contributed by atoms with van der Waals surface area (Å²) in [6.07, 6.45) is -0.877. The maximum atomic E-state index is 12.0. The molecule has 0 radical (unpaired) electrons. The van der Waals surface area contributed by atoms with Crippen molar-refractivity contribution in [2.24, 2.45) is 0 Å². The number of ether oxygens (including phenoxy) is 2. The first kappa shape index (κ1) is 19.2. The van der Waals surface area contributed by atoms with E-state index in [2.05, 4.69) is 10.3 Å². The summed E-state index contributed by atoms with van der Waals surface area (Å²) in [4.78, 5) is 38.4. The molecule has 1 heterocycles. The maximum Gasteiger partial charge on any atom is 0.347 e. The zero-order valence-corrected chi connectivity index (χ0v) is 15.5. The molecule has 1 amide bonds. The van der Waals surface area contributed by atoms with Crippen LogP contribution >= 0.6 is 11.3 Å². The number of amides is 1. The lowest BCUT2D eigenvalue weighted by molar-refractivity contribution is -0.384. The topological polar surface area (TPSA) is 121 Å². The lowest BCUT2D eigenvalue weighted by Crippen LogP contribution is -2.29. The lowest BCUT2D eigenvalue weighted by atomic mass is 10.3. The van der Waals surface area contributed by atoms with Crippen molar-refractivity contribution in [3.05, 3.63) is 58.6 Å². The van der Waals surface area contributed by atoms with Gasteiger partial charge in [0.25, 0.3) is 11.6 Å². The van der Waals surface area contributed by atoms with E-state index in [1.807, 2.05) is 6.07 Å². The van der Waals surface area contributed by atoms with Crippen LogP contribution in [0.5, 0.6) is 5.75 Å². The molecule has 3 rings (SSSR count). The number of nitro benzene ring substituents is 1. The highest BCUT2D eigenvalue weighted by atomic mass is 32.1. The Morgan fingerprint density at radius 3 is 2.71 bits per heavy atom. The van der Waals surface area contributed by atoms with Gasteiger partial charge >= 0.3 is 5.97 Å². The molecule has 144 valence electrons. The van der Waals surface area contributed by atoms with Crippen molar-refractivity contribution in [1.82, 2.24) is 4.98 Å². The molecule has 0 aliphatic rings. The number of carbonyl (C=O) groups excluding carboxylic acids is 2. The van der Waals surface area contributed by atoms with Crippen LogP contribution in [-0.4, -0.2) is 34.5 Å². The van der Waals surface area contributed by atoms with Gasteiger partial charge in [-0.25, -0.2) is 9.78 Å². The third kappa shape index (κ3) is 4.80. The standard InChI is InChI=1S/C18H15N3O6S/c1-11(27-13-5-3-2-4-6-13)17(23)26-10-16(22)20-18-19-14-8-7-12(21(24)25)9-15(14)28-18/h2-9,11H,10H2,1H3,(H,19,20,22). The third-order valence-electron chi connectivity index (χ3n) is 3.56. The number of benzene rings is 2. The van der Waals surface area contributed by atoms with Gasteiger partial charge in [-0.3, -0.25) is 20.2 Å². The van der Waals surface area contributed by atoms with E-state index in [1.54, 1.807) is 24.3 Å². The van der Waals surface area contributed by atoms with Gasteiger partial charge in [0, 0.05) is 12.1 Å². The van der Waals surface area contributed by atoms with Gasteiger partial charge in [0.05, 0.1) is 15.1 Å². The summed E-state index contributed by atoms with van der Waals surface area (Å²) in [7, 11) is 0. The number of carbonyl (C=O) groups is 2. The Labute approximate surface area is 163 Å².